The predicted octanol–water partition coefficient (Wildman–Crippen LogP) is 5.14. The first-order valence-electron chi connectivity index (χ1n) is 7.71. The maximum atomic E-state index is 6.09. The third kappa shape index (κ3) is 5.07. The Morgan fingerprint density at radius 1 is 1.04 bits per heavy atom. The van der Waals surface area contributed by atoms with Gasteiger partial charge in [0.05, 0.1) is 12.1 Å². The lowest BCUT2D eigenvalue weighted by atomic mass is 9.87. The molecule has 2 rings (SSSR count). The van der Waals surface area contributed by atoms with Gasteiger partial charge in [0.2, 0.25) is 0 Å². The summed E-state index contributed by atoms with van der Waals surface area (Å²) in [6.07, 6.45) is 0. The van der Waals surface area contributed by atoms with Gasteiger partial charge in [-0.05, 0) is 41.3 Å². The summed E-state index contributed by atoms with van der Waals surface area (Å²) in [4.78, 5) is 0. The van der Waals surface area contributed by atoms with Gasteiger partial charge in [0.1, 0.15) is 18.1 Å². The summed E-state index contributed by atoms with van der Waals surface area (Å²) in [6, 6.07) is 13.9. The number of nitrogens with one attached hydrogen (secondary N) is 1. The van der Waals surface area contributed by atoms with Crippen molar-refractivity contribution in [1.82, 2.24) is 0 Å². The van der Waals surface area contributed by atoms with E-state index in [1.807, 2.05) is 30.3 Å². The average Bonchev–Trinajstić information content (AvgIpc) is 2.51. The summed E-state index contributed by atoms with van der Waals surface area (Å²) >= 11 is 6.09. The van der Waals surface area contributed by atoms with E-state index in [-0.39, 0.29) is 5.41 Å². The summed E-state index contributed by atoms with van der Waals surface area (Å²) in [5.41, 5.74) is 2.41. The van der Waals surface area contributed by atoms with Crippen molar-refractivity contribution in [2.24, 2.45) is 0 Å². The van der Waals surface area contributed by atoms with Gasteiger partial charge in [-0.15, -0.1) is 0 Å². The molecule has 0 saturated carbocycles. The van der Waals surface area contributed by atoms with Gasteiger partial charge < -0.3 is 14.8 Å². The molecular formula is C19H24ClNO2. The van der Waals surface area contributed by atoms with E-state index < -0.39 is 0 Å². The molecule has 3 nitrogen and oxygen atoms in total. The second-order valence-electron chi connectivity index (χ2n) is 6.40. The minimum Gasteiger partial charge on any atom is -0.495 e. The van der Waals surface area contributed by atoms with E-state index in [1.54, 1.807) is 7.11 Å². The molecule has 0 bridgehead atoms. The van der Waals surface area contributed by atoms with E-state index in [0.717, 1.165) is 11.4 Å². The average molecular weight is 334 g/mol. The Bertz CT molecular complexity index is 633. The molecule has 124 valence electrons. The Hall–Kier alpha value is -1.87. The van der Waals surface area contributed by atoms with Crippen LogP contribution in [-0.2, 0) is 5.41 Å². The SMILES string of the molecule is COc1ccc(NCCOc2ccc(C(C)(C)C)cc2)cc1Cl. The van der Waals surface area contributed by atoms with E-state index in [2.05, 4.69) is 38.2 Å². The molecule has 0 atom stereocenters. The van der Waals surface area contributed by atoms with Crippen molar-refractivity contribution in [3.8, 4) is 11.5 Å². The van der Waals surface area contributed by atoms with Crippen molar-refractivity contribution >= 4 is 17.3 Å². The van der Waals surface area contributed by atoms with Crippen molar-refractivity contribution in [1.29, 1.82) is 0 Å². The molecule has 0 fully saturated rings. The zero-order valence-electron chi connectivity index (χ0n) is 14.2. The number of ether oxygens (including phenoxy) is 2. The molecule has 0 aliphatic rings. The lowest BCUT2D eigenvalue weighted by Gasteiger charge is -2.19. The second kappa shape index (κ2) is 7.60. The highest BCUT2D eigenvalue weighted by atomic mass is 35.5. The van der Waals surface area contributed by atoms with Crippen LogP contribution in [0.5, 0.6) is 11.5 Å². The standard InChI is InChI=1S/C19H24ClNO2/c1-19(2,3)14-5-8-16(9-6-14)23-12-11-21-15-7-10-18(22-4)17(20)13-15/h5-10,13,21H,11-12H2,1-4H3. The van der Waals surface area contributed by atoms with Gasteiger partial charge in [0, 0.05) is 12.2 Å². The maximum Gasteiger partial charge on any atom is 0.137 e. The van der Waals surface area contributed by atoms with E-state index in [4.69, 9.17) is 21.1 Å². The monoisotopic (exact) mass is 333 g/mol. The maximum absolute atomic E-state index is 6.09. The van der Waals surface area contributed by atoms with E-state index in [1.165, 1.54) is 5.56 Å². The fourth-order valence-corrected chi connectivity index (χ4v) is 2.45. The van der Waals surface area contributed by atoms with Gasteiger partial charge in [0.25, 0.3) is 0 Å². The molecule has 23 heavy (non-hydrogen) atoms. The van der Waals surface area contributed by atoms with Gasteiger partial charge in [-0.3, -0.25) is 0 Å². The molecular weight excluding hydrogens is 310 g/mol. The van der Waals surface area contributed by atoms with E-state index >= 15 is 0 Å². The Kier molecular flexibility index (Phi) is 5.78. The topological polar surface area (TPSA) is 30.5 Å². The molecule has 2 aromatic carbocycles. The predicted molar refractivity (Wildman–Crippen MR) is 97.1 cm³/mol. The highest BCUT2D eigenvalue weighted by molar-refractivity contribution is 6.32. The quantitative estimate of drug-likeness (QED) is 0.743. The van der Waals surface area contributed by atoms with Crippen molar-refractivity contribution in [2.45, 2.75) is 26.2 Å². The van der Waals surface area contributed by atoms with Crippen LogP contribution in [0.2, 0.25) is 5.02 Å². The number of halogens is 1. The summed E-state index contributed by atoms with van der Waals surface area (Å²) in [7, 11) is 1.60. The number of anilines is 1. The van der Waals surface area contributed by atoms with Crippen molar-refractivity contribution < 1.29 is 9.47 Å². The molecule has 0 aliphatic heterocycles. The van der Waals surface area contributed by atoms with Crippen LogP contribution in [0.3, 0.4) is 0 Å². The third-order valence-electron chi connectivity index (χ3n) is 3.57. The Morgan fingerprint density at radius 2 is 1.74 bits per heavy atom. The Labute approximate surface area is 143 Å². The third-order valence-corrected chi connectivity index (χ3v) is 3.87. The summed E-state index contributed by atoms with van der Waals surface area (Å²) in [5, 5.41) is 3.87. The normalized spacial score (nSPS) is 11.2. The summed E-state index contributed by atoms with van der Waals surface area (Å²) in [6.45, 7) is 7.88. The highest BCUT2D eigenvalue weighted by Crippen LogP contribution is 2.27. The van der Waals surface area contributed by atoms with Crippen molar-refractivity contribution in [3.63, 3.8) is 0 Å². The molecule has 0 unspecified atom stereocenters. The summed E-state index contributed by atoms with van der Waals surface area (Å²) in [5.74, 6) is 1.56. The number of hydrogen-bond donors (Lipinski definition) is 1. The highest BCUT2D eigenvalue weighted by Gasteiger charge is 2.12. The number of rotatable bonds is 6. The molecule has 2 aromatic rings. The van der Waals surface area contributed by atoms with E-state index in [9.17, 15) is 0 Å². The number of benzene rings is 2. The summed E-state index contributed by atoms with van der Waals surface area (Å²) < 4.78 is 10.9. The van der Waals surface area contributed by atoms with Gasteiger partial charge in [-0.1, -0.05) is 44.5 Å². The van der Waals surface area contributed by atoms with Gasteiger partial charge in [0.15, 0.2) is 0 Å². The van der Waals surface area contributed by atoms with Crippen molar-refractivity contribution in [3.05, 3.63) is 53.1 Å². The van der Waals surface area contributed by atoms with Gasteiger partial charge in [-0.25, -0.2) is 0 Å². The van der Waals surface area contributed by atoms with E-state index in [0.29, 0.717) is 23.9 Å². The van der Waals surface area contributed by atoms with Crippen LogP contribution >= 0.6 is 11.6 Å². The molecule has 0 amide bonds. The van der Waals surface area contributed by atoms with Crippen LogP contribution in [0.4, 0.5) is 5.69 Å². The molecule has 0 aromatic heterocycles. The smallest absolute Gasteiger partial charge is 0.137 e. The number of hydrogen-bond acceptors (Lipinski definition) is 3. The minimum absolute atomic E-state index is 0.160. The molecule has 0 saturated heterocycles. The number of methoxy groups -OCH3 is 1. The van der Waals surface area contributed by atoms with Crippen LogP contribution in [0.15, 0.2) is 42.5 Å². The molecule has 4 heteroatoms. The fourth-order valence-electron chi connectivity index (χ4n) is 2.19. The largest absolute Gasteiger partial charge is 0.495 e. The van der Waals surface area contributed by atoms with Crippen molar-refractivity contribution in [2.75, 3.05) is 25.6 Å². The van der Waals surface area contributed by atoms with Gasteiger partial charge >= 0.3 is 0 Å². The zero-order chi connectivity index (χ0) is 16.9. The van der Waals surface area contributed by atoms with Gasteiger partial charge in [-0.2, -0.15) is 0 Å². The van der Waals surface area contributed by atoms with Crippen LogP contribution in [0.1, 0.15) is 26.3 Å². The molecule has 0 aliphatic carbocycles. The zero-order valence-corrected chi connectivity index (χ0v) is 14.9. The first-order valence-corrected chi connectivity index (χ1v) is 8.09. The first kappa shape index (κ1) is 17.5. The van der Waals surface area contributed by atoms with Crippen LogP contribution in [-0.4, -0.2) is 20.3 Å². The molecule has 1 N–H and O–H groups in total. The van der Waals surface area contributed by atoms with Crippen LogP contribution in [0, 0.1) is 0 Å². The Morgan fingerprint density at radius 3 is 2.30 bits per heavy atom. The molecule has 0 spiro atoms. The minimum atomic E-state index is 0.160. The fraction of sp³-hybridized carbons (Fsp3) is 0.368. The van der Waals surface area contributed by atoms with Crippen LogP contribution < -0.4 is 14.8 Å². The lowest BCUT2D eigenvalue weighted by Crippen LogP contribution is -2.12. The molecule has 0 heterocycles. The molecule has 0 radical (unpaired) electrons. The lowest BCUT2D eigenvalue weighted by molar-refractivity contribution is 0.332. The second-order valence-corrected chi connectivity index (χ2v) is 6.81. The Balaban J connectivity index is 1.80. The first-order chi connectivity index (χ1) is 10.9. The van der Waals surface area contributed by atoms with Crippen LogP contribution in [0.25, 0.3) is 0 Å².